The number of aromatic amines is 1. The standard InChI is InChI=1S/C12H19ClN2O/c1-3-5-6-7-9(4-2)11-12(13)15-10(16)8-14-11/h8-9H,3-7H2,1-2H3,(H,15,16). The van der Waals surface area contributed by atoms with Crippen LogP contribution >= 0.6 is 11.6 Å². The summed E-state index contributed by atoms with van der Waals surface area (Å²) in [4.78, 5) is 17.8. The Labute approximate surface area is 101 Å². The summed E-state index contributed by atoms with van der Waals surface area (Å²) in [5, 5.41) is 0.399. The molecule has 1 heterocycles. The van der Waals surface area contributed by atoms with Gasteiger partial charge in [0.25, 0.3) is 5.56 Å². The topological polar surface area (TPSA) is 45.8 Å². The molecule has 0 saturated heterocycles. The van der Waals surface area contributed by atoms with Gasteiger partial charge in [-0.3, -0.25) is 9.78 Å². The molecule has 1 N–H and O–H groups in total. The molecule has 0 radical (unpaired) electrons. The Morgan fingerprint density at radius 2 is 2.19 bits per heavy atom. The van der Waals surface area contributed by atoms with E-state index in [0.717, 1.165) is 18.5 Å². The van der Waals surface area contributed by atoms with Gasteiger partial charge in [0.05, 0.1) is 11.9 Å². The zero-order valence-electron chi connectivity index (χ0n) is 9.92. The second-order valence-electron chi connectivity index (χ2n) is 4.05. The Hall–Kier alpha value is -0.830. The number of hydrogen-bond acceptors (Lipinski definition) is 2. The summed E-state index contributed by atoms with van der Waals surface area (Å²) in [7, 11) is 0. The van der Waals surface area contributed by atoms with Crippen LogP contribution in [0, 0.1) is 0 Å². The molecule has 0 amide bonds. The minimum atomic E-state index is -0.239. The maximum absolute atomic E-state index is 11.0. The fourth-order valence-electron chi connectivity index (χ4n) is 1.85. The monoisotopic (exact) mass is 242 g/mol. The highest BCUT2D eigenvalue weighted by molar-refractivity contribution is 6.30. The molecule has 0 bridgehead atoms. The molecule has 1 rings (SSSR count). The van der Waals surface area contributed by atoms with Crippen molar-refractivity contribution in [1.82, 2.24) is 9.97 Å². The first kappa shape index (κ1) is 13.2. The van der Waals surface area contributed by atoms with E-state index < -0.39 is 0 Å². The van der Waals surface area contributed by atoms with Crippen molar-refractivity contribution < 1.29 is 0 Å². The van der Waals surface area contributed by atoms with Gasteiger partial charge in [-0.25, -0.2) is 0 Å². The van der Waals surface area contributed by atoms with Crippen molar-refractivity contribution in [1.29, 1.82) is 0 Å². The van der Waals surface area contributed by atoms with E-state index in [1.54, 1.807) is 0 Å². The van der Waals surface area contributed by atoms with Gasteiger partial charge in [0.15, 0.2) is 0 Å². The number of nitrogens with one attached hydrogen (secondary N) is 1. The number of hydrogen-bond donors (Lipinski definition) is 1. The third-order valence-corrected chi connectivity index (χ3v) is 3.10. The molecule has 1 atom stereocenters. The van der Waals surface area contributed by atoms with Crippen molar-refractivity contribution in [3.8, 4) is 0 Å². The summed E-state index contributed by atoms with van der Waals surface area (Å²) < 4.78 is 0. The molecule has 1 aromatic rings. The lowest BCUT2D eigenvalue weighted by molar-refractivity contribution is 0.541. The van der Waals surface area contributed by atoms with E-state index >= 15 is 0 Å². The Bertz CT molecular complexity index is 376. The van der Waals surface area contributed by atoms with Crippen LogP contribution in [0.25, 0.3) is 0 Å². The molecule has 0 aromatic carbocycles. The normalized spacial score (nSPS) is 12.7. The van der Waals surface area contributed by atoms with Gasteiger partial charge in [-0.05, 0) is 12.8 Å². The van der Waals surface area contributed by atoms with E-state index in [1.807, 2.05) is 0 Å². The van der Waals surface area contributed by atoms with Crippen LogP contribution in [0.3, 0.4) is 0 Å². The number of nitrogens with zero attached hydrogens (tertiary/aromatic N) is 1. The quantitative estimate of drug-likeness (QED) is 0.776. The van der Waals surface area contributed by atoms with Gasteiger partial charge in [0.2, 0.25) is 0 Å². The molecule has 1 aromatic heterocycles. The van der Waals surface area contributed by atoms with Gasteiger partial charge in [-0.15, -0.1) is 0 Å². The number of unbranched alkanes of at least 4 members (excludes halogenated alkanes) is 2. The zero-order chi connectivity index (χ0) is 12.0. The Balaban J connectivity index is 2.74. The van der Waals surface area contributed by atoms with Crippen molar-refractivity contribution in [2.24, 2.45) is 0 Å². The van der Waals surface area contributed by atoms with Gasteiger partial charge < -0.3 is 4.98 Å². The van der Waals surface area contributed by atoms with Gasteiger partial charge >= 0.3 is 0 Å². The van der Waals surface area contributed by atoms with Crippen LogP contribution in [0.2, 0.25) is 5.15 Å². The van der Waals surface area contributed by atoms with Gasteiger partial charge in [0, 0.05) is 5.92 Å². The van der Waals surface area contributed by atoms with E-state index in [-0.39, 0.29) is 5.56 Å². The van der Waals surface area contributed by atoms with E-state index in [4.69, 9.17) is 11.6 Å². The lowest BCUT2D eigenvalue weighted by Gasteiger charge is -2.14. The second-order valence-corrected chi connectivity index (χ2v) is 4.43. The Kier molecular flexibility index (Phi) is 5.53. The summed E-state index contributed by atoms with van der Waals surface area (Å²) in [6.07, 6.45) is 7.03. The van der Waals surface area contributed by atoms with Crippen molar-refractivity contribution in [3.63, 3.8) is 0 Å². The van der Waals surface area contributed by atoms with Crippen molar-refractivity contribution in [3.05, 3.63) is 27.4 Å². The minimum Gasteiger partial charge on any atom is -0.310 e. The molecule has 0 saturated carbocycles. The van der Waals surface area contributed by atoms with E-state index in [1.165, 1.54) is 25.5 Å². The Morgan fingerprint density at radius 3 is 2.75 bits per heavy atom. The van der Waals surface area contributed by atoms with Crippen LogP contribution in [0.15, 0.2) is 11.0 Å². The van der Waals surface area contributed by atoms with Gasteiger partial charge in [-0.2, -0.15) is 0 Å². The first-order chi connectivity index (χ1) is 7.69. The summed E-state index contributed by atoms with van der Waals surface area (Å²) in [5.41, 5.74) is 0.594. The van der Waals surface area contributed by atoms with Crippen LogP contribution in [0.1, 0.15) is 57.6 Å². The molecule has 0 aliphatic rings. The average molecular weight is 243 g/mol. The molecule has 0 fully saturated rings. The molecule has 16 heavy (non-hydrogen) atoms. The molecular formula is C12H19ClN2O. The molecule has 90 valence electrons. The third kappa shape index (κ3) is 3.63. The smallest absolute Gasteiger partial charge is 0.267 e. The van der Waals surface area contributed by atoms with Crippen LogP contribution in [-0.2, 0) is 0 Å². The largest absolute Gasteiger partial charge is 0.310 e. The lowest BCUT2D eigenvalue weighted by atomic mass is 9.95. The number of halogens is 1. The predicted molar refractivity (Wildman–Crippen MR) is 67.0 cm³/mol. The first-order valence-corrected chi connectivity index (χ1v) is 6.31. The molecular weight excluding hydrogens is 224 g/mol. The maximum atomic E-state index is 11.0. The number of aromatic nitrogens is 2. The molecule has 3 nitrogen and oxygen atoms in total. The van der Waals surface area contributed by atoms with Crippen molar-refractivity contribution in [2.75, 3.05) is 0 Å². The van der Waals surface area contributed by atoms with Crippen LogP contribution < -0.4 is 5.56 Å². The highest BCUT2D eigenvalue weighted by atomic mass is 35.5. The van der Waals surface area contributed by atoms with Gasteiger partial charge in [-0.1, -0.05) is 44.7 Å². The van der Waals surface area contributed by atoms with Crippen LogP contribution in [-0.4, -0.2) is 9.97 Å². The Morgan fingerprint density at radius 1 is 1.44 bits per heavy atom. The third-order valence-electron chi connectivity index (χ3n) is 2.81. The van der Waals surface area contributed by atoms with Gasteiger partial charge in [0.1, 0.15) is 5.15 Å². The SMILES string of the molecule is CCCCCC(CC)c1ncc(=O)[nH]c1Cl. The van der Waals surface area contributed by atoms with Crippen LogP contribution in [0.5, 0.6) is 0 Å². The van der Waals surface area contributed by atoms with Crippen LogP contribution in [0.4, 0.5) is 0 Å². The molecule has 0 spiro atoms. The lowest BCUT2D eigenvalue weighted by Crippen LogP contribution is -2.11. The minimum absolute atomic E-state index is 0.239. The predicted octanol–water partition coefficient (Wildman–Crippen LogP) is 3.50. The maximum Gasteiger partial charge on any atom is 0.267 e. The molecule has 0 aliphatic heterocycles. The summed E-state index contributed by atoms with van der Waals surface area (Å²) >= 11 is 6.00. The second kappa shape index (κ2) is 6.69. The average Bonchev–Trinajstić information content (AvgIpc) is 2.26. The van der Waals surface area contributed by atoms with E-state index in [9.17, 15) is 4.79 Å². The number of rotatable bonds is 6. The van der Waals surface area contributed by atoms with Crippen molar-refractivity contribution >= 4 is 11.6 Å². The summed E-state index contributed by atoms with van der Waals surface area (Å²) in [5.74, 6) is 0.357. The fourth-order valence-corrected chi connectivity index (χ4v) is 2.15. The highest BCUT2D eigenvalue weighted by Crippen LogP contribution is 2.27. The first-order valence-electron chi connectivity index (χ1n) is 5.93. The summed E-state index contributed by atoms with van der Waals surface area (Å²) in [6.45, 7) is 4.31. The van der Waals surface area contributed by atoms with Crippen molar-refractivity contribution in [2.45, 2.75) is 51.9 Å². The zero-order valence-corrected chi connectivity index (χ0v) is 10.7. The molecule has 4 heteroatoms. The fraction of sp³-hybridized carbons (Fsp3) is 0.667. The van der Waals surface area contributed by atoms with E-state index in [2.05, 4.69) is 23.8 Å². The number of H-pyrrole nitrogens is 1. The molecule has 1 unspecified atom stereocenters. The van der Waals surface area contributed by atoms with E-state index in [0.29, 0.717) is 11.1 Å². The highest BCUT2D eigenvalue weighted by Gasteiger charge is 2.14. The molecule has 0 aliphatic carbocycles. The summed E-state index contributed by atoms with van der Waals surface area (Å²) in [6, 6.07) is 0.